The van der Waals surface area contributed by atoms with Gasteiger partial charge >= 0.3 is 0 Å². The van der Waals surface area contributed by atoms with Crippen LogP contribution in [0.4, 0.5) is 0 Å². The van der Waals surface area contributed by atoms with Gasteiger partial charge in [0.05, 0.1) is 12.1 Å². The van der Waals surface area contributed by atoms with Crippen LogP contribution in [0, 0.1) is 0 Å². The second-order valence-corrected chi connectivity index (χ2v) is 4.35. The molecule has 15 heavy (non-hydrogen) atoms. The van der Waals surface area contributed by atoms with E-state index in [1.54, 1.807) is 0 Å². The Labute approximate surface area is 90.3 Å². The zero-order chi connectivity index (χ0) is 10.7. The maximum absolute atomic E-state index is 11.7. The highest BCUT2D eigenvalue weighted by atomic mass is 16.5. The van der Waals surface area contributed by atoms with E-state index in [1.165, 1.54) is 0 Å². The zero-order valence-electron chi connectivity index (χ0n) is 9.20. The summed E-state index contributed by atoms with van der Waals surface area (Å²) in [4.78, 5) is 11.7. The van der Waals surface area contributed by atoms with Crippen molar-refractivity contribution in [3.8, 4) is 0 Å². The van der Waals surface area contributed by atoms with Gasteiger partial charge in [-0.05, 0) is 32.6 Å². The summed E-state index contributed by atoms with van der Waals surface area (Å²) in [7, 11) is 0. The fourth-order valence-corrected chi connectivity index (χ4v) is 2.19. The van der Waals surface area contributed by atoms with Gasteiger partial charge in [-0.3, -0.25) is 4.79 Å². The molecule has 2 aliphatic heterocycles. The Morgan fingerprint density at radius 3 is 2.60 bits per heavy atom. The summed E-state index contributed by atoms with van der Waals surface area (Å²) in [6.45, 7) is 3.54. The Morgan fingerprint density at radius 1 is 1.27 bits per heavy atom. The molecular weight excluding hydrogens is 194 g/mol. The van der Waals surface area contributed by atoms with Crippen molar-refractivity contribution < 1.29 is 14.3 Å². The Morgan fingerprint density at radius 2 is 2.00 bits per heavy atom. The lowest BCUT2D eigenvalue weighted by Gasteiger charge is -2.21. The fourth-order valence-electron chi connectivity index (χ4n) is 2.19. The quantitative estimate of drug-likeness (QED) is 0.756. The fraction of sp³-hybridized carbons (Fsp3) is 0.909. The number of hydrogen-bond donors (Lipinski definition) is 1. The SMILES string of the molecule is C[C@H](NC(=O)[C@H]1CCCO1)[C@@H]1CCCO1. The van der Waals surface area contributed by atoms with Gasteiger partial charge in [0.1, 0.15) is 6.10 Å². The van der Waals surface area contributed by atoms with Crippen molar-refractivity contribution in [1.29, 1.82) is 0 Å². The van der Waals surface area contributed by atoms with Crippen LogP contribution in [-0.4, -0.2) is 37.4 Å². The minimum absolute atomic E-state index is 0.0236. The summed E-state index contributed by atoms with van der Waals surface area (Å²) < 4.78 is 10.8. The molecule has 1 amide bonds. The molecule has 0 spiro atoms. The summed E-state index contributed by atoms with van der Waals surface area (Å²) in [5.41, 5.74) is 0. The lowest BCUT2D eigenvalue weighted by atomic mass is 10.1. The highest BCUT2D eigenvalue weighted by molar-refractivity contribution is 5.81. The standard InChI is InChI=1S/C11H19NO3/c1-8(9-4-2-6-14-9)12-11(13)10-5-3-7-15-10/h8-10H,2-7H2,1H3,(H,12,13)/t8-,9-,10+/m0/s1. The number of carbonyl (C=O) groups is 1. The first kappa shape index (κ1) is 10.9. The van der Waals surface area contributed by atoms with Crippen LogP contribution in [0.1, 0.15) is 32.6 Å². The largest absolute Gasteiger partial charge is 0.376 e. The van der Waals surface area contributed by atoms with Gasteiger partial charge in [-0.25, -0.2) is 0 Å². The normalized spacial score (nSPS) is 32.9. The molecule has 2 rings (SSSR count). The molecule has 86 valence electrons. The van der Waals surface area contributed by atoms with E-state index in [2.05, 4.69) is 5.32 Å². The second-order valence-electron chi connectivity index (χ2n) is 4.35. The first-order chi connectivity index (χ1) is 7.27. The van der Waals surface area contributed by atoms with Gasteiger partial charge in [0.15, 0.2) is 0 Å². The highest BCUT2D eigenvalue weighted by Gasteiger charge is 2.28. The highest BCUT2D eigenvalue weighted by Crippen LogP contribution is 2.17. The first-order valence-corrected chi connectivity index (χ1v) is 5.81. The number of carbonyl (C=O) groups excluding carboxylic acids is 1. The van der Waals surface area contributed by atoms with Crippen LogP contribution in [0.5, 0.6) is 0 Å². The van der Waals surface area contributed by atoms with Crippen molar-refractivity contribution in [2.45, 2.75) is 50.9 Å². The molecule has 2 aliphatic rings. The van der Waals surface area contributed by atoms with Crippen LogP contribution in [0.3, 0.4) is 0 Å². The first-order valence-electron chi connectivity index (χ1n) is 5.81. The predicted molar refractivity (Wildman–Crippen MR) is 55.6 cm³/mol. The minimum atomic E-state index is -0.228. The van der Waals surface area contributed by atoms with Crippen molar-refractivity contribution in [1.82, 2.24) is 5.32 Å². The average molecular weight is 213 g/mol. The summed E-state index contributed by atoms with van der Waals surface area (Å²) in [5, 5.41) is 2.97. The summed E-state index contributed by atoms with van der Waals surface area (Å²) >= 11 is 0. The van der Waals surface area contributed by atoms with E-state index in [4.69, 9.17) is 9.47 Å². The molecule has 0 bridgehead atoms. The molecule has 3 atom stereocenters. The van der Waals surface area contributed by atoms with Gasteiger partial charge in [0.2, 0.25) is 5.91 Å². The predicted octanol–water partition coefficient (Wildman–Crippen LogP) is 0.849. The van der Waals surface area contributed by atoms with Gasteiger partial charge in [-0.2, -0.15) is 0 Å². The molecule has 0 aromatic heterocycles. The number of amides is 1. The van der Waals surface area contributed by atoms with Crippen LogP contribution < -0.4 is 5.32 Å². The summed E-state index contributed by atoms with van der Waals surface area (Å²) in [5.74, 6) is 0.0236. The molecule has 2 fully saturated rings. The number of nitrogens with one attached hydrogen (secondary N) is 1. The van der Waals surface area contributed by atoms with Gasteiger partial charge in [-0.15, -0.1) is 0 Å². The van der Waals surface area contributed by atoms with Gasteiger partial charge in [-0.1, -0.05) is 0 Å². The molecule has 0 unspecified atom stereocenters. The third-order valence-corrected chi connectivity index (χ3v) is 3.11. The molecule has 0 aliphatic carbocycles. The van der Waals surface area contributed by atoms with Crippen LogP contribution in [0.15, 0.2) is 0 Å². The van der Waals surface area contributed by atoms with Gasteiger partial charge < -0.3 is 14.8 Å². The number of rotatable bonds is 3. The maximum atomic E-state index is 11.7. The van der Waals surface area contributed by atoms with Crippen molar-refractivity contribution in [2.24, 2.45) is 0 Å². The molecule has 2 saturated heterocycles. The Bertz CT molecular complexity index is 220. The van der Waals surface area contributed by atoms with E-state index in [0.29, 0.717) is 6.61 Å². The molecule has 4 heteroatoms. The van der Waals surface area contributed by atoms with Crippen LogP contribution in [0.25, 0.3) is 0 Å². The van der Waals surface area contributed by atoms with Crippen molar-refractivity contribution >= 4 is 5.91 Å². The molecular formula is C11H19NO3. The smallest absolute Gasteiger partial charge is 0.249 e. The molecule has 1 N–H and O–H groups in total. The lowest BCUT2D eigenvalue weighted by molar-refractivity contribution is -0.131. The van der Waals surface area contributed by atoms with E-state index in [1.807, 2.05) is 6.92 Å². The topological polar surface area (TPSA) is 47.6 Å². The average Bonchev–Trinajstić information content (AvgIpc) is 2.91. The Kier molecular flexibility index (Phi) is 3.59. The maximum Gasteiger partial charge on any atom is 0.249 e. The van der Waals surface area contributed by atoms with E-state index < -0.39 is 0 Å². The van der Waals surface area contributed by atoms with Crippen LogP contribution in [-0.2, 0) is 14.3 Å². The van der Waals surface area contributed by atoms with Crippen molar-refractivity contribution in [2.75, 3.05) is 13.2 Å². The molecule has 0 aromatic carbocycles. The van der Waals surface area contributed by atoms with E-state index >= 15 is 0 Å². The van der Waals surface area contributed by atoms with Crippen LogP contribution >= 0.6 is 0 Å². The minimum Gasteiger partial charge on any atom is -0.376 e. The lowest BCUT2D eigenvalue weighted by Crippen LogP contribution is -2.45. The molecule has 4 nitrogen and oxygen atoms in total. The third-order valence-electron chi connectivity index (χ3n) is 3.11. The third kappa shape index (κ3) is 2.69. The Hall–Kier alpha value is -0.610. The van der Waals surface area contributed by atoms with Crippen molar-refractivity contribution in [3.05, 3.63) is 0 Å². The zero-order valence-corrected chi connectivity index (χ0v) is 9.20. The van der Waals surface area contributed by atoms with Gasteiger partial charge in [0.25, 0.3) is 0 Å². The summed E-state index contributed by atoms with van der Waals surface area (Å²) in [6.07, 6.45) is 3.96. The van der Waals surface area contributed by atoms with E-state index in [0.717, 1.165) is 32.3 Å². The molecule has 0 aromatic rings. The number of ether oxygens (including phenoxy) is 2. The molecule has 0 saturated carbocycles. The van der Waals surface area contributed by atoms with Gasteiger partial charge in [0, 0.05) is 13.2 Å². The van der Waals surface area contributed by atoms with Crippen LogP contribution in [0.2, 0.25) is 0 Å². The Balaban J connectivity index is 1.77. The monoisotopic (exact) mass is 213 g/mol. The molecule has 0 radical (unpaired) electrons. The van der Waals surface area contributed by atoms with E-state index in [-0.39, 0.29) is 24.2 Å². The number of hydrogen-bond acceptors (Lipinski definition) is 3. The summed E-state index contributed by atoms with van der Waals surface area (Å²) in [6, 6.07) is 0.101. The van der Waals surface area contributed by atoms with E-state index in [9.17, 15) is 4.79 Å². The van der Waals surface area contributed by atoms with Crippen molar-refractivity contribution in [3.63, 3.8) is 0 Å². The second kappa shape index (κ2) is 4.94. The molecule has 2 heterocycles.